The van der Waals surface area contributed by atoms with Crippen molar-refractivity contribution in [3.8, 4) is 11.6 Å². The van der Waals surface area contributed by atoms with E-state index < -0.39 is 87.0 Å². The number of hydrogen-bond acceptors (Lipinski definition) is 11. The maximum atomic E-state index is 14.8. The van der Waals surface area contributed by atoms with Crippen molar-refractivity contribution in [2.75, 3.05) is 13.7 Å². The minimum Gasteiger partial charge on any atom is -0.497 e. The van der Waals surface area contributed by atoms with Crippen LogP contribution in [0.15, 0.2) is 18.2 Å². The van der Waals surface area contributed by atoms with Crippen LogP contribution in [0.5, 0.6) is 11.6 Å². The Morgan fingerprint density at radius 1 is 1.03 bits per heavy atom. The lowest BCUT2D eigenvalue weighted by molar-refractivity contribution is -0.143. The van der Waals surface area contributed by atoms with Crippen LogP contribution in [0.1, 0.15) is 97.1 Å². The highest BCUT2D eigenvalue weighted by atomic mass is 32.2. The van der Waals surface area contributed by atoms with E-state index in [2.05, 4.69) is 10.6 Å². The van der Waals surface area contributed by atoms with Crippen LogP contribution < -0.4 is 24.8 Å². The van der Waals surface area contributed by atoms with E-state index in [0.717, 1.165) is 38.5 Å². The van der Waals surface area contributed by atoms with Crippen LogP contribution in [0.2, 0.25) is 0 Å². The highest BCUT2D eigenvalue weighted by Gasteiger charge is 2.64. The number of sulfonamides is 1. The Kier molecular flexibility index (Phi) is 10.9. The second-order valence-electron chi connectivity index (χ2n) is 18.5. The number of nitrogens with one attached hydrogen (secondary N) is 3. The predicted molar refractivity (Wildman–Crippen MR) is 209 cm³/mol. The van der Waals surface area contributed by atoms with Crippen molar-refractivity contribution < 1.29 is 50.6 Å². The van der Waals surface area contributed by atoms with E-state index in [4.69, 9.17) is 24.2 Å². The van der Waals surface area contributed by atoms with Crippen molar-refractivity contribution in [3.63, 3.8) is 0 Å². The summed E-state index contributed by atoms with van der Waals surface area (Å²) in [5.41, 5.74) is -1.05. The van der Waals surface area contributed by atoms with Crippen LogP contribution in [0.4, 0.5) is 13.6 Å². The number of methoxy groups -OCH3 is 1. The molecule has 5 fully saturated rings. The molecular formula is C41H54F2N6O9S. The number of carbonyl (C=O) groups is 4. The lowest BCUT2D eigenvalue weighted by Crippen LogP contribution is -2.60. The molecule has 2 aliphatic heterocycles. The second-order valence-corrected chi connectivity index (χ2v) is 20.5. The summed E-state index contributed by atoms with van der Waals surface area (Å²) < 4.78 is 73.1. The molecule has 1 unspecified atom stereocenters. The van der Waals surface area contributed by atoms with Crippen LogP contribution in [0.3, 0.4) is 0 Å². The summed E-state index contributed by atoms with van der Waals surface area (Å²) in [5, 5.41) is 4.68. The quantitative estimate of drug-likeness (QED) is 0.341. The Bertz CT molecular complexity index is 2120. The SMILES string of the molecule is COc1ccc2nc3c(nc2c1)O[C@@H]1C[C@@H](C(=O)N[C@]2(C(=O)NS(=O)(=O)C4CC4)C[C@H]2CC(F)F)N(C1)C(=O)[C@H](C(C)(C)C)NC(=O)O[C@@H]1CC2C[C@@H]2[C@H]1CCCCC3. The molecule has 59 heavy (non-hydrogen) atoms. The van der Waals surface area contributed by atoms with Gasteiger partial charge in [-0.15, -0.1) is 0 Å². The molecule has 4 aliphatic carbocycles. The lowest BCUT2D eigenvalue weighted by atomic mass is 9.85. The van der Waals surface area contributed by atoms with Gasteiger partial charge in [-0.05, 0) is 92.6 Å². The van der Waals surface area contributed by atoms with Crippen molar-refractivity contribution in [1.29, 1.82) is 0 Å². The first-order valence-corrected chi connectivity index (χ1v) is 22.5. The van der Waals surface area contributed by atoms with E-state index in [1.165, 1.54) is 4.90 Å². The normalized spacial score (nSPS) is 32.4. The number of amides is 4. The Morgan fingerprint density at radius 3 is 2.53 bits per heavy atom. The van der Waals surface area contributed by atoms with Gasteiger partial charge in [-0.1, -0.05) is 33.6 Å². The predicted octanol–water partition coefficient (Wildman–Crippen LogP) is 4.41. The third-order valence-electron chi connectivity index (χ3n) is 13.2. The van der Waals surface area contributed by atoms with Gasteiger partial charge >= 0.3 is 6.09 Å². The van der Waals surface area contributed by atoms with Crippen LogP contribution in [-0.2, 0) is 35.6 Å². The molecule has 4 amide bonds. The number of carbonyl (C=O) groups excluding carboxylic acids is 4. The number of aryl methyl sites for hydroxylation is 1. The number of rotatable bonds is 8. The Balaban J connectivity index is 1.13. The zero-order valence-corrected chi connectivity index (χ0v) is 34.7. The number of fused-ring (bicyclic) bond motifs is 7. The molecule has 9 atom stereocenters. The zero-order chi connectivity index (χ0) is 42.0. The van der Waals surface area contributed by atoms with Crippen LogP contribution >= 0.6 is 0 Å². The number of ether oxygens (including phenoxy) is 3. The van der Waals surface area contributed by atoms with Gasteiger partial charge in [-0.2, -0.15) is 0 Å². The summed E-state index contributed by atoms with van der Waals surface area (Å²) >= 11 is 0. The van der Waals surface area contributed by atoms with Crippen LogP contribution in [0, 0.1) is 29.1 Å². The highest BCUT2D eigenvalue weighted by molar-refractivity contribution is 7.91. The summed E-state index contributed by atoms with van der Waals surface area (Å²) in [7, 11) is -2.53. The lowest BCUT2D eigenvalue weighted by Gasteiger charge is -2.36. The van der Waals surface area contributed by atoms with Crippen molar-refractivity contribution >= 4 is 44.9 Å². The van der Waals surface area contributed by atoms with E-state index >= 15 is 0 Å². The topological polar surface area (TPSA) is 195 Å². The van der Waals surface area contributed by atoms with E-state index in [-0.39, 0.29) is 37.3 Å². The number of alkyl halides is 2. The van der Waals surface area contributed by atoms with Crippen molar-refractivity contribution in [2.24, 2.45) is 29.1 Å². The molecule has 6 aliphatic rings. The Morgan fingerprint density at radius 2 is 1.81 bits per heavy atom. The summed E-state index contributed by atoms with van der Waals surface area (Å²) in [4.78, 5) is 67.6. The molecule has 2 bridgehead atoms. The molecule has 0 spiro atoms. The molecule has 1 saturated heterocycles. The first kappa shape index (κ1) is 41.4. The van der Waals surface area contributed by atoms with E-state index in [1.54, 1.807) is 40.0 Å². The molecule has 18 heteroatoms. The summed E-state index contributed by atoms with van der Waals surface area (Å²) in [6, 6.07) is 2.87. The van der Waals surface area contributed by atoms with Crippen LogP contribution in [0.25, 0.3) is 11.0 Å². The molecule has 4 saturated carbocycles. The number of nitrogens with zero attached hydrogens (tertiary/aromatic N) is 3. The Hall–Kier alpha value is -4.35. The van der Waals surface area contributed by atoms with Gasteiger partial charge in [0.25, 0.3) is 5.91 Å². The molecule has 0 radical (unpaired) electrons. The zero-order valence-electron chi connectivity index (χ0n) is 33.9. The molecule has 3 N–H and O–H groups in total. The maximum Gasteiger partial charge on any atom is 0.408 e. The standard InChI is InChI=1S/C41H54F2N6O9S/c1-40(2,3)34-37(51)49-20-24(18-31(49)35(50)47-41(19-22(41)16-33(42)43)38(52)48-59(54,55)25-11-12-25)57-36-29(44-28-13-10-23(56-4)17-30(28)45-36)9-7-5-6-8-26-27-14-21(27)15-32(26)58-39(53)46-34/h10,13,17,21-22,24-27,31-34H,5-9,11-12,14-16,18-20H2,1-4H3,(H,46,53)(H,47,50)(H,48,52)/t21?,22-,24-,26-,27+,31+,32-,34-,41-/m1/s1. The number of alkyl carbamates (subject to hydrolysis) is 1. The number of aromatic nitrogens is 2. The van der Waals surface area contributed by atoms with Gasteiger partial charge in [0.1, 0.15) is 41.3 Å². The molecular weight excluding hydrogens is 791 g/mol. The first-order valence-electron chi connectivity index (χ1n) is 20.9. The van der Waals surface area contributed by atoms with Gasteiger partial charge < -0.3 is 29.7 Å². The summed E-state index contributed by atoms with van der Waals surface area (Å²) in [6.45, 7) is 5.19. The smallest absolute Gasteiger partial charge is 0.408 e. The molecule has 15 nitrogen and oxygen atoms in total. The summed E-state index contributed by atoms with van der Waals surface area (Å²) in [5.74, 6) is -1.55. The molecule has 322 valence electrons. The Labute approximate surface area is 342 Å². The van der Waals surface area contributed by atoms with Crippen molar-refractivity contribution in [3.05, 3.63) is 23.9 Å². The molecule has 1 aromatic heterocycles. The van der Waals surface area contributed by atoms with Gasteiger partial charge in [0.15, 0.2) is 0 Å². The molecule has 2 aromatic rings. The van der Waals surface area contributed by atoms with E-state index in [1.807, 2.05) is 10.8 Å². The summed E-state index contributed by atoms with van der Waals surface area (Å²) in [6.07, 6.45) is 0.972. The molecule has 1 aromatic carbocycles. The number of hydrogen-bond donors (Lipinski definition) is 3. The van der Waals surface area contributed by atoms with Gasteiger partial charge in [0, 0.05) is 18.9 Å². The number of halogens is 2. The highest BCUT2D eigenvalue weighted by Crippen LogP contribution is 2.58. The first-order chi connectivity index (χ1) is 28.0. The fourth-order valence-corrected chi connectivity index (χ4v) is 10.9. The largest absolute Gasteiger partial charge is 0.497 e. The third kappa shape index (κ3) is 8.65. The van der Waals surface area contributed by atoms with E-state index in [0.29, 0.717) is 53.6 Å². The monoisotopic (exact) mass is 844 g/mol. The minimum atomic E-state index is -4.08. The minimum absolute atomic E-state index is 0.0970. The second kappa shape index (κ2) is 15.6. The van der Waals surface area contributed by atoms with Crippen LogP contribution in [-0.4, -0.2) is 102 Å². The molecule has 3 heterocycles. The van der Waals surface area contributed by atoms with Gasteiger partial charge in [0.05, 0.1) is 29.9 Å². The van der Waals surface area contributed by atoms with E-state index in [9.17, 15) is 36.4 Å². The van der Waals surface area contributed by atoms with Gasteiger partial charge in [-0.3, -0.25) is 19.1 Å². The van der Waals surface area contributed by atoms with Gasteiger partial charge in [0.2, 0.25) is 34.1 Å². The maximum absolute atomic E-state index is 14.8. The average Bonchev–Trinajstić information content (AvgIpc) is 4.12. The fourth-order valence-electron chi connectivity index (χ4n) is 9.58. The average molecular weight is 845 g/mol. The van der Waals surface area contributed by atoms with Crippen molar-refractivity contribution in [1.82, 2.24) is 30.2 Å². The van der Waals surface area contributed by atoms with Gasteiger partial charge in [-0.25, -0.2) is 32.0 Å². The third-order valence-corrected chi connectivity index (χ3v) is 15.0. The van der Waals surface area contributed by atoms with Crippen molar-refractivity contribution in [2.45, 2.75) is 139 Å². The fraction of sp³-hybridized carbons (Fsp3) is 0.707. The molecule has 8 rings (SSSR count). The number of benzene rings is 1.